The molecule has 0 aliphatic carbocycles. The van der Waals surface area contributed by atoms with Gasteiger partial charge < -0.3 is 19.6 Å². The number of ether oxygens (including phenoxy) is 1. The van der Waals surface area contributed by atoms with E-state index in [4.69, 9.17) is 49.7 Å². The Morgan fingerprint density at radius 3 is 2.66 bits per heavy atom. The minimum absolute atomic E-state index is 0.0846. The van der Waals surface area contributed by atoms with Crippen molar-refractivity contribution in [1.29, 1.82) is 0 Å². The van der Waals surface area contributed by atoms with Crippen molar-refractivity contribution >= 4 is 52.1 Å². The molecular weight excluding hydrogens is 435 g/mol. The normalized spacial score (nSPS) is 10.5. The zero-order valence-electron chi connectivity index (χ0n) is 15.2. The maximum absolute atomic E-state index is 12.4. The molecular formula is C20H16Cl2N2O4S. The summed E-state index contributed by atoms with van der Waals surface area (Å²) in [4.78, 5) is 12.4. The second-order valence-electron chi connectivity index (χ2n) is 5.87. The molecule has 0 atom stereocenters. The number of hydrogen-bond donors (Lipinski definition) is 3. The summed E-state index contributed by atoms with van der Waals surface area (Å²) in [6, 6.07) is 13.3. The van der Waals surface area contributed by atoms with Gasteiger partial charge in [0.2, 0.25) is 0 Å². The summed E-state index contributed by atoms with van der Waals surface area (Å²) in [5.74, 6) is 1.06. The molecule has 1 heterocycles. The first-order chi connectivity index (χ1) is 13.9. The number of carbonyl (C=O) groups excluding carboxylic acids is 1. The van der Waals surface area contributed by atoms with Crippen molar-refractivity contribution < 1.29 is 19.1 Å². The highest BCUT2D eigenvalue weighted by molar-refractivity contribution is 7.80. The average molecular weight is 451 g/mol. The number of amides is 1. The molecule has 0 aliphatic heterocycles. The number of nitrogens with one attached hydrogen (secondary N) is 2. The Labute approximate surface area is 182 Å². The summed E-state index contributed by atoms with van der Waals surface area (Å²) in [5, 5.41) is 15.4. The average Bonchev–Trinajstić information content (AvgIpc) is 3.18. The van der Waals surface area contributed by atoms with Crippen LogP contribution in [0.1, 0.15) is 16.1 Å². The van der Waals surface area contributed by atoms with Crippen molar-refractivity contribution in [3.63, 3.8) is 0 Å². The highest BCUT2D eigenvalue weighted by atomic mass is 35.5. The first-order valence-electron chi connectivity index (χ1n) is 8.36. The lowest BCUT2D eigenvalue weighted by Gasteiger charge is -2.13. The van der Waals surface area contributed by atoms with E-state index in [-0.39, 0.29) is 22.3 Å². The third-order valence-electron chi connectivity index (χ3n) is 3.94. The van der Waals surface area contributed by atoms with Crippen LogP contribution in [0.4, 0.5) is 5.69 Å². The highest BCUT2D eigenvalue weighted by Gasteiger charge is 2.14. The Morgan fingerprint density at radius 2 is 1.97 bits per heavy atom. The minimum atomic E-state index is -0.481. The van der Waals surface area contributed by atoms with Gasteiger partial charge in [-0.1, -0.05) is 23.2 Å². The van der Waals surface area contributed by atoms with Crippen LogP contribution in [0.2, 0.25) is 10.0 Å². The Balaban J connectivity index is 1.73. The van der Waals surface area contributed by atoms with Gasteiger partial charge >= 0.3 is 0 Å². The molecule has 150 valence electrons. The fraction of sp³-hybridized carbons (Fsp3) is 0.100. The van der Waals surface area contributed by atoms with Crippen molar-refractivity contribution in [1.82, 2.24) is 5.32 Å². The van der Waals surface area contributed by atoms with Gasteiger partial charge in [-0.3, -0.25) is 10.1 Å². The largest absolute Gasteiger partial charge is 0.496 e. The van der Waals surface area contributed by atoms with Gasteiger partial charge in [-0.25, -0.2) is 0 Å². The van der Waals surface area contributed by atoms with Gasteiger partial charge in [0.25, 0.3) is 5.91 Å². The first kappa shape index (κ1) is 21.1. The molecule has 1 aromatic heterocycles. The summed E-state index contributed by atoms with van der Waals surface area (Å²) < 4.78 is 11.0. The molecule has 9 heteroatoms. The van der Waals surface area contributed by atoms with Crippen LogP contribution in [0, 0.1) is 0 Å². The molecule has 3 aromatic rings. The summed E-state index contributed by atoms with van der Waals surface area (Å²) >= 11 is 17.2. The van der Waals surface area contributed by atoms with E-state index in [1.165, 1.54) is 19.2 Å². The molecule has 0 bridgehead atoms. The first-order valence-corrected chi connectivity index (χ1v) is 9.53. The summed E-state index contributed by atoms with van der Waals surface area (Å²) in [6.07, 6.45) is 0. The molecule has 0 unspecified atom stereocenters. The number of halogens is 2. The lowest BCUT2D eigenvalue weighted by Crippen LogP contribution is -2.34. The topological polar surface area (TPSA) is 83.7 Å². The lowest BCUT2D eigenvalue weighted by molar-refractivity contribution is 0.0978. The number of hydrogen-bond acceptors (Lipinski definition) is 5. The van der Waals surface area contributed by atoms with Crippen LogP contribution in [0.15, 0.2) is 52.9 Å². The van der Waals surface area contributed by atoms with Gasteiger partial charge in [0.05, 0.1) is 23.3 Å². The molecule has 0 saturated heterocycles. The van der Waals surface area contributed by atoms with Gasteiger partial charge in [0, 0.05) is 16.8 Å². The number of furan rings is 1. The molecule has 2 aromatic carbocycles. The van der Waals surface area contributed by atoms with Crippen LogP contribution in [0.25, 0.3) is 11.3 Å². The number of aliphatic hydroxyl groups is 1. The van der Waals surface area contributed by atoms with E-state index in [2.05, 4.69) is 10.6 Å². The number of methoxy groups -OCH3 is 1. The van der Waals surface area contributed by atoms with Crippen molar-refractivity contribution in [3.05, 3.63) is 69.9 Å². The Hall–Kier alpha value is -2.58. The molecule has 3 rings (SSSR count). The van der Waals surface area contributed by atoms with Crippen LogP contribution in [0.5, 0.6) is 5.75 Å². The Bertz CT molecular complexity index is 1070. The Morgan fingerprint density at radius 1 is 1.17 bits per heavy atom. The fourth-order valence-electron chi connectivity index (χ4n) is 2.58. The molecule has 29 heavy (non-hydrogen) atoms. The smallest absolute Gasteiger partial charge is 0.258 e. The molecule has 3 N–H and O–H groups in total. The summed E-state index contributed by atoms with van der Waals surface area (Å²) in [6.45, 7) is -0.188. The van der Waals surface area contributed by atoms with Gasteiger partial charge in [-0.15, -0.1) is 0 Å². The quantitative estimate of drug-likeness (QED) is 0.480. The van der Waals surface area contributed by atoms with Crippen LogP contribution in [0.3, 0.4) is 0 Å². The standard InChI is InChI=1S/C20H16Cl2N2O4S/c1-27-18-9-12(3-5-14(18)17-7-4-13(10-25)28-17)23-20(29)24-19(26)15-8-11(21)2-6-16(15)22/h2-9,25H,10H2,1H3,(H2,23,24,26,29). The number of rotatable bonds is 5. The van der Waals surface area contributed by atoms with Crippen LogP contribution >= 0.6 is 35.4 Å². The second-order valence-corrected chi connectivity index (χ2v) is 7.12. The number of aliphatic hydroxyl groups excluding tert-OH is 1. The van der Waals surface area contributed by atoms with E-state index in [1.54, 1.807) is 36.4 Å². The predicted molar refractivity (Wildman–Crippen MR) is 117 cm³/mol. The summed E-state index contributed by atoms with van der Waals surface area (Å²) in [5.41, 5.74) is 1.52. The van der Waals surface area contributed by atoms with E-state index in [9.17, 15) is 4.79 Å². The molecule has 0 spiro atoms. The van der Waals surface area contributed by atoms with Crippen LogP contribution < -0.4 is 15.4 Å². The Kier molecular flexibility index (Phi) is 6.76. The van der Waals surface area contributed by atoms with Crippen LogP contribution in [-0.2, 0) is 6.61 Å². The number of anilines is 1. The van der Waals surface area contributed by atoms with Gasteiger partial charge in [0.15, 0.2) is 5.11 Å². The van der Waals surface area contributed by atoms with Crippen molar-refractivity contribution in [2.45, 2.75) is 6.61 Å². The predicted octanol–water partition coefficient (Wildman–Crippen LogP) is 4.88. The number of thiocarbonyl (C=S) groups is 1. The van der Waals surface area contributed by atoms with E-state index in [1.807, 2.05) is 0 Å². The highest BCUT2D eigenvalue weighted by Crippen LogP contribution is 2.33. The monoisotopic (exact) mass is 450 g/mol. The van der Waals surface area contributed by atoms with E-state index < -0.39 is 5.91 Å². The second kappa shape index (κ2) is 9.28. The van der Waals surface area contributed by atoms with Gasteiger partial charge in [0.1, 0.15) is 23.9 Å². The molecule has 1 amide bonds. The van der Waals surface area contributed by atoms with Crippen molar-refractivity contribution in [2.24, 2.45) is 0 Å². The minimum Gasteiger partial charge on any atom is -0.496 e. The van der Waals surface area contributed by atoms with E-state index in [0.717, 1.165) is 0 Å². The van der Waals surface area contributed by atoms with Gasteiger partial charge in [-0.05, 0) is 54.7 Å². The third kappa shape index (κ3) is 5.07. The van der Waals surface area contributed by atoms with E-state index >= 15 is 0 Å². The third-order valence-corrected chi connectivity index (χ3v) is 4.71. The van der Waals surface area contributed by atoms with Crippen molar-refractivity contribution in [3.8, 4) is 17.1 Å². The molecule has 0 saturated carbocycles. The number of carbonyl (C=O) groups is 1. The molecule has 0 fully saturated rings. The molecule has 0 aliphatic rings. The zero-order valence-corrected chi connectivity index (χ0v) is 17.5. The molecule has 6 nitrogen and oxygen atoms in total. The SMILES string of the molecule is COc1cc(NC(=S)NC(=O)c2cc(Cl)ccc2Cl)ccc1-c1ccc(CO)o1. The molecule has 0 radical (unpaired) electrons. The van der Waals surface area contributed by atoms with Crippen LogP contribution in [-0.4, -0.2) is 23.2 Å². The number of benzene rings is 2. The van der Waals surface area contributed by atoms with Crippen molar-refractivity contribution in [2.75, 3.05) is 12.4 Å². The summed E-state index contributed by atoms with van der Waals surface area (Å²) in [7, 11) is 1.53. The zero-order chi connectivity index (χ0) is 21.0. The maximum atomic E-state index is 12.4. The lowest BCUT2D eigenvalue weighted by atomic mass is 10.1. The van der Waals surface area contributed by atoms with Gasteiger partial charge in [-0.2, -0.15) is 0 Å². The fourth-order valence-corrected chi connectivity index (χ4v) is 3.17. The maximum Gasteiger partial charge on any atom is 0.258 e. The van der Waals surface area contributed by atoms with E-state index in [0.29, 0.717) is 33.5 Å².